The maximum Gasteiger partial charge on any atom is 0.125 e. The molecule has 0 saturated carbocycles. The average Bonchev–Trinajstić information content (AvgIpc) is 4.17. The number of hydrogen-bond donors (Lipinski definition) is 0. The highest BCUT2D eigenvalue weighted by atomic mass is 16.6. The predicted octanol–water partition coefficient (Wildman–Crippen LogP) is 13.7. The molecule has 0 amide bonds. The lowest BCUT2D eigenvalue weighted by Gasteiger charge is -2.51. The van der Waals surface area contributed by atoms with Gasteiger partial charge in [-0.1, -0.05) is 86.6 Å². The Morgan fingerprint density at radius 1 is 0.258 bits per heavy atom. The molecule has 10 heterocycles. The van der Waals surface area contributed by atoms with Gasteiger partial charge in [0.2, 0.25) is 0 Å². The Hall–Kier alpha value is -5.40. The Labute approximate surface area is 388 Å². The van der Waals surface area contributed by atoms with E-state index in [2.05, 4.69) is 229 Å². The molecule has 336 valence electrons. The van der Waals surface area contributed by atoms with Crippen LogP contribution in [0.15, 0.2) is 159 Å². The largest absolute Gasteiger partial charge is 0.465 e. The van der Waals surface area contributed by atoms with Gasteiger partial charge in [-0.15, -0.1) is 0 Å². The van der Waals surface area contributed by atoms with Crippen LogP contribution in [0.25, 0.3) is 0 Å². The smallest absolute Gasteiger partial charge is 0.125 e. The summed E-state index contributed by atoms with van der Waals surface area (Å²) >= 11 is 0. The molecule has 0 saturated heterocycles. The Bertz CT molecular complexity index is 3190. The third-order valence-corrected chi connectivity index (χ3v) is 18.9. The molecule has 12 bridgehead atoms. The van der Waals surface area contributed by atoms with E-state index in [1.165, 1.54) is 0 Å². The second-order valence-corrected chi connectivity index (χ2v) is 23.6. The molecule has 6 nitrogen and oxygen atoms in total. The van der Waals surface area contributed by atoms with E-state index in [4.69, 9.17) is 27.5 Å². The van der Waals surface area contributed by atoms with E-state index in [-0.39, 0.29) is 0 Å². The van der Waals surface area contributed by atoms with Gasteiger partial charge >= 0.3 is 0 Å². The van der Waals surface area contributed by atoms with Crippen LogP contribution in [0.5, 0.6) is 0 Å². The lowest BCUT2D eigenvalue weighted by molar-refractivity contribution is -0.234. The molecule has 0 aliphatic carbocycles. The van der Waals surface area contributed by atoms with Crippen molar-refractivity contribution < 1.29 is 27.5 Å². The Kier molecular flexibility index (Phi) is 7.20. The summed E-state index contributed by atoms with van der Waals surface area (Å²) in [6, 6.07) is 39.1. The number of hydrogen-bond acceptors (Lipinski definition) is 6. The summed E-state index contributed by atoms with van der Waals surface area (Å²) in [5.74, 6) is 5.00. The summed E-state index contributed by atoms with van der Waals surface area (Å²) in [4.78, 5) is 0. The fourth-order valence-electron chi connectivity index (χ4n) is 14.1. The van der Waals surface area contributed by atoms with E-state index in [9.17, 15) is 0 Å². The third kappa shape index (κ3) is 4.03. The molecule has 66 heavy (non-hydrogen) atoms. The van der Waals surface area contributed by atoms with Gasteiger partial charge < -0.3 is 27.5 Å². The molecule has 13 rings (SSSR count). The molecule has 0 fully saturated rings. The highest BCUT2D eigenvalue weighted by Crippen LogP contribution is 2.75. The lowest BCUT2D eigenvalue weighted by atomic mass is 9.56. The molecule has 7 aliphatic heterocycles. The quantitative estimate of drug-likeness (QED) is 0.142. The molecular formula is C60H60O6. The second-order valence-electron chi connectivity index (χ2n) is 23.6. The summed E-state index contributed by atoms with van der Waals surface area (Å²) in [7, 11) is 0. The van der Waals surface area contributed by atoms with Gasteiger partial charge in [0.25, 0.3) is 0 Å². The van der Waals surface area contributed by atoms with Gasteiger partial charge in [0.1, 0.15) is 68.2 Å². The van der Waals surface area contributed by atoms with Crippen molar-refractivity contribution in [3.8, 4) is 0 Å². The lowest BCUT2D eigenvalue weighted by Crippen LogP contribution is -2.54. The van der Waals surface area contributed by atoms with Crippen molar-refractivity contribution in [3.63, 3.8) is 0 Å². The first-order valence-electron chi connectivity index (χ1n) is 23.9. The van der Waals surface area contributed by atoms with Crippen molar-refractivity contribution >= 4 is 0 Å². The maximum absolute atomic E-state index is 7.94. The van der Waals surface area contributed by atoms with Gasteiger partial charge in [0.05, 0.1) is 27.1 Å². The van der Waals surface area contributed by atoms with Crippen LogP contribution in [0, 0.1) is 5.41 Å². The summed E-state index contributed by atoms with van der Waals surface area (Å²) in [5, 5.41) is 0. The predicted molar refractivity (Wildman–Crippen MR) is 254 cm³/mol. The number of fused-ring (bicyclic) bond motifs is 9. The summed E-state index contributed by atoms with van der Waals surface area (Å²) in [6.45, 7) is 27.1. The maximum atomic E-state index is 7.94. The minimum atomic E-state index is -0.875. The molecule has 0 spiro atoms. The normalized spacial score (nSPS) is 35.1. The van der Waals surface area contributed by atoms with Gasteiger partial charge in [0, 0.05) is 5.41 Å². The van der Waals surface area contributed by atoms with Crippen molar-refractivity contribution in [2.75, 3.05) is 0 Å². The molecular weight excluding hydrogens is 817 g/mol. The first-order chi connectivity index (χ1) is 31.1. The molecule has 0 N–H and O–H groups in total. The van der Waals surface area contributed by atoms with Crippen LogP contribution in [-0.2, 0) is 74.9 Å². The van der Waals surface area contributed by atoms with Crippen molar-refractivity contribution in [1.82, 2.24) is 0 Å². The zero-order valence-corrected chi connectivity index (χ0v) is 40.3. The SMILES string of the molecule is CC1(C)c2ccc(o2)C(C)(C)C23C=CC(O2)(c2ccccc23)C(C)(C)c2ccc(o2)C(C)(C)C23C=CC(O2)(c2ccccc23)C(C)(C)C23C=CC(O2)(c2ccccc23)C(C)(C)c2ccc1o2. The van der Waals surface area contributed by atoms with E-state index < -0.39 is 66.1 Å². The van der Waals surface area contributed by atoms with Gasteiger partial charge in [-0.2, -0.15) is 0 Å². The zero-order chi connectivity index (χ0) is 46.1. The van der Waals surface area contributed by atoms with E-state index in [0.29, 0.717) is 0 Å². The zero-order valence-electron chi connectivity index (χ0n) is 40.3. The second kappa shape index (κ2) is 11.6. The van der Waals surface area contributed by atoms with Crippen molar-refractivity contribution in [2.24, 2.45) is 5.41 Å². The Morgan fingerprint density at radius 2 is 0.470 bits per heavy atom. The molecule has 0 radical (unpaired) electrons. The third-order valence-electron chi connectivity index (χ3n) is 18.9. The summed E-state index contributed by atoms with van der Waals surface area (Å²) in [5.41, 5.74) is -2.09. The number of rotatable bonds is 0. The topological polar surface area (TPSA) is 67.1 Å². The first kappa shape index (κ1) is 40.8. The Morgan fingerprint density at radius 3 is 0.758 bits per heavy atom. The summed E-state index contributed by atoms with van der Waals surface area (Å²) in [6.07, 6.45) is 13.8. The molecule has 6 aromatic rings. The van der Waals surface area contributed by atoms with Gasteiger partial charge in [-0.3, -0.25) is 0 Å². The van der Waals surface area contributed by atoms with Crippen LogP contribution in [0.1, 0.15) is 151 Å². The van der Waals surface area contributed by atoms with Crippen molar-refractivity contribution in [3.05, 3.63) is 214 Å². The van der Waals surface area contributed by atoms with Crippen LogP contribution in [0.3, 0.4) is 0 Å². The van der Waals surface area contributed by atoms with Crippen LogP contribution >= 0.6 is 0 Å². The van der Waals surface area contributed by atoms with Crippen LogP contribution in [0.2, 0.25) is 0 Å². The fraction of sp³-hybridized carbons (Fsp3) is 0.400. The minimum Gasteiger partial charge on any atom is -0.465 e. The van der Waals surface area contributed by atoms with Gasteiger partial charge in [-0.25, -0.2) is 0 Å². The van der Waals surface area contributed by atoms with Gasteiger partial charge in [0.15, 0.2) is 0 Å². The minimum absolute atomic E-state index is 0.610. The van der Waals surface area contributed by atoms with E-state index in [1.807, 2.05) is 0 Å². The number of furan rings is 3. The van der Waals surface area contributed by atoms with Gasteiger partial charge in [-0.05, 0) is 175 Å². The molecule has 3 aromatic heterocycles. The number of ether oxygens (including phenoxy) is 3. The number of benzene rings is 3. The highest BCUT2D eigenvalue weighted by molar-refractivity contribution is 5.62. The molecule has 7 aliphatic rings. The van der Waals surface area contributed by atoms with E-state index in [0.717, 1.165) is 67.9 Å². The van der Waals surface area contributed by atoms with Crippen molar-refractivity contribution in [2.45, 2.75) is 144 Å². The monoisotopic (exact) mass is 876 g/mol. The highest BCUT2D eigenvalue weighted by Gasteiger charge is 2.76. The van der Waals surface area contributed by atoms with Crippen molar-refractivity contribution in [1.29, 1.82) is 0 Å². The first-order valence-corrected chi connectivity index (χ1v) is 23.9. The molecule has 3 aromatic carbocycles. The van der Waals surface area contributed by atoms with E-state index >= 15 is 0 Å². The average molecular weight is 877 g/mol. The molecule has 6 heteroatoms. The standard InChI is InChI=1S/C60H60O6/c1-49(2)43-25-27-45(61-43)50(3,4)55-31-32-56(64-55,38-20-14-13-19-37(38)55)52(7,8)47-29-30-48(63-47)53(9,10)58-34-36-60(66-58,42-24-18-16-22-40(42)58)54(11,12)59-35-33-57(65-59,39-21-15-17-23-41(39)59)51(5,6)46-28-26-44(49)62-46/h13-36H,1-12H3. The fourth-order valence-corrected chi connectivity index (χ4v) is 14.1. The summed E-state index contributed by atoms with van der Waals surface area (Å²) < 4.78 is 45.0. The van der Waals surface area contributed by atoms with Crippen LogP contribution < -0.4 is 0 Å². The molecule has 6 atom stereocenters. The Balaban J connectivity index is 1.04. The van der Waals surface area contributed by atoms with Crippen LogP contribution in [-0.4, -0.2) is 0 Å². The van der Waals surface area contributed by atoms with Crippen LogP contribution in [0.4, 0.5) is 0 Å². The molecule has 6 unspecified atom stereocenters. The van der Waals surface area contributed by atoms with E-state index in [1.54, 1.807) is 0 Å².